The van der Waals surface area contributed by atoms with Crippen LogP contribution in [0.15, 0.2) is 18.2 Å². The molecule has 0 saturated heterocycles. The molecule has 0 unspecified atom stereocenters. The SMILES string of the molecule is COCOc1cc(B(O)O)ccc1OC(F)(F)F. The van der Waals surface area contributed by atoms with Crippen LogP contribution >= 0.6 is 0 Å². The number of benzene rings is 1. The minimum absolute atomic E-state index is 0.0318. The molecule has 18 heavy (non-hydrogen) atoms. The van der Waals surface area contributed by atoms with Crippen LogP contribution in [0.3, 0.4) is 0 Å². The number of hydrogen-bond donors (Lipinski definition) is 2. The number of rotatable bonds is 5. The minimum Gasteiger partial charge on any atom is -0.464 e. The van der Waals surface area contributed by atoms with Crippen molar-refractivity contribution in [1.29, 1.82) is 0 Å². The molecule has 0 spiro atoms. The molecule has 1 aromatic carbocycles. The first-order valence-electron chi connectivity index (χ1n) is 4.71. The first-order chi connectivity index (χ1) is 8.33. The van der Waals surface area contributed by atoms with Crippen LogP contribution in [-0.4, -0.2) is 37.4 Å². The van der Waals surface area contributed by atoms with E-state index in [1.807, 2.05) is 0 Å². The van der Waals surface area contributed by atoms with E-state index in [0.29, 0.717) is 0 Å². The lowest BCUT2D eigenvalue weighted by molar-refractivity contribution is -0.275. The highest BCUT2D eigenvalue weighted by atomic mass is 19.4. The molecule has 100 valence electrons. The molecule has 0 aromatic heterocycles. The fourth-order valence-electron chi connectivity index (χ4n) is 1.13. The van der Waals surface area contributed by atoms with E-state index in [-0.39, 0.29) is 18.0 Å². The maximum atomic E-state index is 12.1. The first kappa shape index (κ1) is 14.6. The lowest BCUT2D eigenvalue weighted by Gasteiger charge is -2.14. The highest BCUT2D eigenvalue weighted by Crippen LogP contribution is 2.31. The number of halogens is 3. The molecule has 0 saturated carbocycles. The predicted molar refractivity (Wildman–Crippen MR) is 55.5 cm³/mol. The van der Waals surface area contributed by atoms with Crippen molar-refractivity contribution in [2.75, 3.05) is 13.9 Å². The maximum Gasteiger partial charge on any atom is 0.573 e. The summed E-state index contributed by atoms with van der Waals surface area (Å²) < 4.78 is 49.4. The molecule has 0 fully saturated rings. The van der Waals surface area contributed by atoms with Crippen LogP contribution in [-0.2, 0) is 4.74 Å². The summed E-state index contributed by atoms with van der Waals surface area (Å²) in [5.74, 6) is -0.899. The van der Waals surface area contributed by atoms with E-state index in [4.69, 9.17) is 14.8 Å². The summed E-state index contributed by atoms with van der Waals surface area (Å²) in [5.41, 5.74) is -0.0318. The molecule has 9 heteroatoms. The standard InChI is InChI=1S/C9H10BF3O5/c1-16-5-17-8-4-6(10(14)15)2-3-7(8)18-9(11,12)13/h2-4,14-15H,5H2,1H3. The molecule has 0 aliphatic carbocycles. The zero-order valence-corrected chi connectivity index (χ0v) is 9.27. The van der Waals surface area contributed by atoms with Gasteiger partial charge in [0.25, 0.3) is 0 Å². The monoisotopic (exact) mass is 266 g/mol. The summed E-state index contributed by atoms with van der Waals surface area (Å²) >= 11 is 0. The van der Waals surface area contributed by atoms with Gasteiger partial charge in [0.1, 0.15) is 0 Å². The summed E-state index contributed by atoms with van der Waals surface area (Å²) in [4.78, 5) is 0. The molecule has 0 aliphatic heterocycles. The Kier molecular flexibility index (Phi) is 4.82. The van der Waals surface area contributed by atoms with E-state index < -0.39 is 19.2 Å². The number of alkyl halides is 3. The van der Waals surface area contributed by atoms with Crippen molar-refractivity contribution in [3.63, 3.8) is 0 Å². The smallest absolute Gasteiger partial charge is 0.464 e. The Morgan fingerprint density at radius 3 is 2.39 bits per heavy atom. The number of ether oxygens (including phenoxy) is 3. The highest BCUT2D eigenvalue weighted by Gasteiger charge is 2.32. The van der Waals surface area contributed by atoms with Crippen LogP contribution in [0, 0.1) is 0 Å². The van der Waals surface area contributed by atoms with E-state index in [9.17, 15) is 13.2 Å². The molecular formula is C9H10BF3O5. The fraction of sp³-hybridized carbons (Fsp3) is 0.333. The molecule has 0 aliphatic rings. The first-order valence-corrected chi connectivity index (χ1v) is 4.71. The van der Waals surface area contributed by atoms with Crippen molar-refractivity contribution >= 4 is 12.6 Å². The zero-order valence-electron chi connectivity index (χ0n) is 9.27. The summed E-state index contributed by atoms with van der Waals surface area (Å²) in [6.45, 7) is -0.306. The average Bonchev–Trinajstić information content (AvgIpc) is 2.25. The van der Waals surface area contributed by atoms with E-state index in [0.717, 1.165) is 18.2 Å². The van der Waals surface area contributed by atoms with Crippen LogP contribution in [0.25, 0.3) is 0 Å². The van der Waals surface area contributed by atoms with Crippen LogP contribution in [0.2, 0.25) is 0 Å². The van der Waals surface area contributed by atoms with Gasteiger partial charge in [-0.2, -0.15) is 0 Å². The Morgan fingerprint density at radius 2 is 1.89 bits per heavy atom. The topological polar surface area (TPSA) is 68.2 Å². The van der Waals surface area contributed by atoms with Crippen LogP contribution in [0.5, 0.6) is 11.5 Å². The van der Waals surface area contributed by atoms with E-state index in [2.05, 4.69) is 9.47 Å². The molecular weight excluding hydrogens is 256 g/mol. The molecule has 0 heterocycles. The maximum absolute atomic E-state index is 12.1. The Bertz CT molecular complexity index is 396. The highest BCUT2D eigenvalue weighted by molar-refractivity contribution is 6.58. The van der Waals surface area contributed by atoms with Gasteiger partial charge in [0.15, 0.2) is 18.3 Å². The summed E-state index contributed by atoms with van der Waals surface area (Å²) in [6, 6.07) is 3.02. The lowest BCUT2D eigenvalue weighted by atomic mass is 9.80. The number of hydrogen-bond acceptors (Lipinski definition) is 5. The Balaban J connectivity index is 3.00. The lowest BCUT2D eigenvalue weighted by Crippen LogP contribution is -2.30. The zero-order chi connectivity index (χ0) is 13.8. The van der Waals surface area contributed by atoms with Gasteiger partial charge in [0.05, 0.1) is 0 Å². The summed E-state index contributed by atoms with van der Waals surface area (Å²) in [6.07, 6.45) is -4.87. The third-order valence-corrected chi connectivity index (χ3v) is 1.82. The van der Waals surface area contributed by atoms with Gasteiger partial charge in [-0.25, -0.2) is 0 Å². The summed E-state index contributed by atoms with van der Waals surface area (Å²) in [5, 5.41) is 17.8. The Labute approximate surface area is 101 Å². The molecule has 1 rings (SSSR count). The van der Waals surface area contributed by atoms with Gasteiger partial charge < -0.3 is 24.3 Å². The molecule has 0 atom stereocenters. The largest absolute Gasteiger partial charge is 0.573 e. The van der Waals surface area contributed by atoms with E-state index in [1.54, 1.807) is 0 Å². The van der Waals surface area contributed by atoms with Gasteiger partial charge in [-0.3, -0.25) is 0 Å². The van der Waals surface area contributed by atoms with Gasteiger partial charge in [-0.05, 0) is 17.6 Å². The van der Waals surface area contributed by atoms with Gasteiger partial charge in [0, 0.05) is 7.11 Å². The second-order valence-corrected chi connectivity index (χ2v) is 3.18. The second kappa shape index (κ2) is 5.94. The Morgan fingerprint density at radius 1 is 1.22 bits per heavy atom. The number of methoxy groups -OCH3 is 1. The van der Waals surface area contributed by atoms with Crippen molar-refractivity contribution in [3.05, 3.63) is 18.2 Å². The molecule has 2 N–H and O–H groups in total. The van der Waals surface area contributed by atoms with Gasteiger partial charge in [-0.1, -0.05) is 6.07 Å². The van der Waals surface area contributed by atoms with Crippen molar-refractivity contribution in [1.82, 2.24) is 0 Å². The van der Waals surface area contributed by atoms with Crippen molar-refractivity contribution < 1.29 is 37.4 Å². The van der Waals surface area contributed by atoms with Crippen molar-refractivity contribution in [2.24, 2.45) is 0 Å². The molecule has 5 nitrogen and oxygen atoms in total. The second-order valence-electron chi connectivity index (χ2n) is 3.18. The van der Waals surface area contributed by atoms with Crippen LogP contribution in [0.1, 0.15) is 0 Å². The van der Waals surface area contributed by atoms with Crippen molar-refractivity contribution in [3.8, 4) is 11.5 Å². The molecule has 0 bridgehead atoms. The minimum atomic E-state index is -4.87. The van der Waals surface area contributed by atoms with Crippen molar-refractivity contribution in [2.45, 2.75) is 6.36 Å². The van der Waals surface area contributed by atoms with Gasteiger partial charge >= 0.3 is 13.5 Å². The summed E-state index contributed by atoms with van der Waals surface area (Å²) in [7, 11) is -0.537. The van der Waals surface area contributed by atoms with Gasteiger partial charge in [0.2, 0.25) is 0 Å². The third-order valence-electron chi connectivity index (χ3n) is 1.82. The van der Waals surface area contributed by atoms with Crippen LogP contribution in [0.4, 0.5) is 13.2 Å². The normalized spacial score (nSPS) is 11.2. The van der Waals surface area contributed by atoms with Crippen LogP contribution < -0.4 is 14.9 Å². The Hall–Kier alpha value is -1.45. The van der Waals surface area contributed by atoms with E-state index >= 15 is 0 Å². The third kappa shape index (κ3) is 4.44. The fourth-order valence-corrected chi connectivity index (χ4v) is 1.13. The molecule has 0 amide bonds. The predicted octanol–water partition coefficient (Wildman–Crippen LogP) is 0.248. The molecule has 0 radical (unpaired) electrons. The average molecular weight is 266 g/mol. The van der Waals surface area contributed by atoms with E-state index in [1.165, 1.54) is 7.11 Å². The van der Waals surface area contributed by atoms with Gasteiger partial charge in [-0.15, -0.1) is 13.2 Å². The quantitative estimate of drug-likeness (QED) is 0.590. The molecule has 1 aromatic rings.